The molecule has 84 valence electrons. The van der Waals surface area contributed by atoms with Gasteiger partial charge in [-0.15, -0.1) is 0 Å². The van der Waals surface area contributed by atoms with E-state index in [9.17, 15) is 14.9 Å². The number of esters is 1. The number of hydrogen-bond acceptors (Lipinski definition) is 4. The van der Waals surface area contributed by atoms with Crippen LogP contribution in [-0.4, -0.2) is 18.0 Å². The van der Waals surface area contributed by atoms with Gasteiger partial charge in [0.05, 0.1) is 17.6 Å². The van der Waals surface area contributed by atoms with Gasteiger partial charge in [-0.25, -0.2) is 4.79 Å². The average molecular weight is 221 g/mol. The first-order chi connectivity index (χ1) is 7.58. The minimum atomic E-state index is -0.588. The van der Waals surface area contributed by atoms with Crippen LogP contribution in [0.4, 0.5) is 5.69 Å². The van der Waals surface area contributed by atoms with Crippen molar-refractivity contribution < 1.29 is 14.5 Å². The van der Waals surface area contributed by atoms with Crippen molar-refractivity contribution in [3.63, 3.8) is 0 Å². The van der Waals surface area contributed by atoms with E-state index in [4.69, 9.17) is 0 Å². The molecule has 0 aliphatic rings. The maximum atomic E-state index is 11.3. The maximum Gasteiger partial charge on any atom is 0.338 e. The Bertz CT molecular complexity index is 451. The molecule has 0 saturated heterocycles. The summed E-state index contributed by atoms with van der Waals surface area (Å²) < 4.78 is 4.52. The van der Waals surface area contributed by atoms with Crippen LogP contribution in [0.2, 0.25) is 0 Å². The van der Waals surface area contributed by atoms with Crippen LogP contribution in [0.5, 0.6) is 0 Å². The lowest BCUT2D eigenvalue weighted by Crippen LogP contribution is -2.02. The molecule has 1 aromatic rings. The molecule has 0 aliphatic carbocycles. The summed E-state index contributed by atoms with van der Waals surface area (Å²) in [5.74, 6) is -0.588. The molecule has 0 bridgehead atoms. The van der Waals surface area contributed by atoms with Crippen LogP contribution in [0.1, 0.15) is 22.8 Å². The molecule has 0 amide bonds. The van der Waals surface area contributed by atoms with E-state index in [0.717, 1.165) is 0 Å². The fraction of sp³-hybridized carbons (Fsp3) is 0.182. The van der Waals surface area contributed by atoms with E-state index in [1.54, 1.807) is 25.1 Å². The lowest BCUT2D eigenvalue weighted by Gasteiger charge is -2.01. The first-order valence-corrected chi connectivity index (χ1v) is 4.59. The SMILES string of the molecule is C/C=C/c1cc(C(=O)OC)cc([N+](=O)[O-])c1. The number of nitrogens with zero attached hydrogens (tertiary/aromatic N) is 1. The zero-order valence-electron chi connectivity index (χ0n) is 8.97. The van der Waals surface area contributed by atoms with Crippen molar-refractivity contribution >= 4 is 17.7 Å². The number of non-ortho nitro benzene ring substituents is 1. The van der Waals surface area contributed by atoms with Crippen LogP contribution in [0, 0.1) is 10.1 Å². The molecule has 0 N–H and O–H groups in total. The van der Waals surface area contributed by atoms with Crippen molar-refractivity contribution in [3.8, 4) is 0 Å². The molecule has 0 spiro atoms. The van der Waals surface area contributed by atoms with E-state index in [-0.39, 0.29) is 11.3 Å². The Hall–Kier alpha value is -2.17. The van der Waals surface area contributed by atoms with Crippen LogP contribution in [-0.2, 0) is 4.74 Å². The Morgan fingerprint density at radius 3 is 2.62 bits per heavy atom. The second-order valence-corrected chi connectivity index (χ2v) is 3.06. The van der Waals surface area contributed by atoms with Crippen LogP contribution < -0.4 is 0 Å². The van der Waals surface area contributed by atoms with Crippen LogP contribution >= 0.6 is 0 Å². The molecule has 0 aliphatic heterocycles. The third-order valence-electron chi connectivity index (χ3n) is 1.93. The van der Waals surface area contributed by atoms with Crippen molar-refractivity contribution in [2.75, 3.05) is 7.11 Å². The molecular weight excluding hydrogens is 210 g/mol. The molecule has 5 heteroatoms. The molecule has 0 atom stereocenters. The molecule has 0 aromatic heterocycles. The monoisotopic (exact) mass is 221 g/mol. The third-order valence-corrected chi connectivity index (χ3v) is 1.93. The van der Waals surface area contributed by atoms with Crippen LogP contribution in [0.3, 0.4) is 0 Å². The fourth-order valence-corrected chi connectivity index (χ4v) is 1.26. The van der Waals surface area contributed by atoms with E-state index in [0.29, 0.717) is 5.56 Å². The highest BCUT2D eigenvalue weighted by molar-refractivity contribution is 5.91. The zero-order chi connectivity index (χ0) is 12.1. The van der Waals surface area contributed by atoms with Gasteiger partial charge in [0.25, 0.3) is 5.69 Å². The molecular formula is C11H11NO4. The summed E-state index contributed by atoms with van der Waals surface area (Å²) in [4.78, 5) is 21.4. The molecule has 1 rings (SSSR count). The van der Waals surface area contributed by atoms with E-state index in [2.05, 4.69) is 4.74 Å². The van der Waals surface area contributed by atoms with Crippen molar-refractivity contribution in [2.45, 2.75) is 6.92 Å². The quantitative estimate of drug-likeness (QED) is 0.446. The van der Waals surface area contributed by atoms with Gasteiger partial charge in [-0.05, 0) is 18.6 Å². The number of carbonyl (C=O) groups is 1. The van der Waals surface area contributed by atoms with Gasteiger partial charge in [-0.3, -0.25) is 10.1 Å². The number of hydrogen-bond donors (Lipinski definition) is 0. The third kappa shape index (κ3) is 2.66. The topological polar surface area (TPSA) is 69.4 Å². The standard InChI is InChI=1S/C11H11NO4/c1-3-4-8-5-9(11(13)16-2)7-10(6-8)12(14)15/h3-7H,1-2H3/b4-3+. The zero-order valence-corrected chi connectivity index (χ0v) is 8.97. The Kier molecular flexibility index (Phi) is 3.77. The number of carbonyl (C=O) groups excluding carboxylic acids is 1. The highest BCUT2D eigenvalue weighted by Gasteiger charge is 2.13. The number of rotatable bonds is 3. The predicted molar refractivity (Wildman–Crippen MR) is 59.1 cm³/mol. The molecule has 0 saturated carbocycles. The number of ether oxygens (including phenoxy) is 1. The van der Waals surface area contributed by atoms with Crippen molar-refractivity contribution in [1.82, 2.24) is 0 Å². The van der Waals surface area contributed by atoms with Crippen molar-refractivity contribution in [1.29, 1.82) is 0 Å². The van der Waals surface area contributed by atoms with E-state index < -0.39 is 10.9 Å². The minimum Gasteiger partial charge on any atom is -0.465 e. The van der Waals surface area contributed by atoms with Crippen molar-refractivity contribution in [2.24, 2.45) is 0 Å². The molecule has 0 heterocycles. The lowest BCUT2D eigenvalue weighted by molar-refractivity contribution is -0.384. The smallest absolute Gasteiger partial charge is 0.338 e. The highest BCUT2D eigenvalue weighted by atomic mass is 16.6. The predicted octanol–water partition coefficient (Wildman–Crippen LogP) is 2.41. The Labute approximate surface area is 92.5 Å². The normalized spacial score (nSPS) is 10.4. The molecule has 1 aromatic carbocycles. The Balaban J connectivity index is 3.29. The van der Waals surface area contributed by atoms with Gasteiger partial charge in [0, 0.05) is 12.1 Å². The summed E-state index contributed by atoms with van der Waals surface area (Å²) in [6, 6.07) is 4.13. The first-order valence-electron chi connectivity index (χ1n) is 4.59. The van der Waals surface area contributed by atoms with Crippen LogP contribution in [0.15, 0.2) is 24.3 Å². The summed E-state index contributed by atoms with van der Waals surface area (Å²) >= 11 is 0. The van der Waals surface area contributed by atoms with E-state index >= 15 is 0 Å². The van der Waals surface area contributed by atoms with E-state index in [1.807, 2.05) is 0 Å². The molecule has 0 fully saturated rings. The first kappa shape index (κ1) is 11.9. The molecule has 0 unspecified atom stereocenters. The van der Waals surface area contributed by atoms with Crippen LogP contribution in [0.25, 0.3) is 6.08 Å². The number of nitro benzene ring substituents is 1. The maximum absolute atomic E-state index is 11.3. The van der Waals surface area contributed by atoms with Gasteiger partial charge in [0.15, 0.2) is 0 Å². The van der Waals surface area contributed by atoms with Gasteiger partial charge in [0.1, 0.15) is 0 Å². The van der Waals surface area contributed by atoms with Gasteiger partial charge < -0.3 is 4.74 Å². The number of nitro groups is 1. The molecule has 5 nitrogen and oxygen atoms in total. The minimum absolute atomic E-state index is 0.129. The Morgan fingerprint density at radius 1 is 1.44 bits per heavy atom. The highest BCUT2D eigenvalue weighted by Crippen LogP contribution is 2.18. The summed E-state index contributed by atoms with van der Waals surface area (Å²) in [5.41, 5.74) is 0.637. The van der Waals surface area contributed by atoms with Gasteiger partial charge >= 0.3 is 5.97 Å². The van der Waals surface area contributed by atoms with Gasteiger partial charge in [0.2, 0.25) is 0 Å². The number of allylic oxidation sites excluding steroid dienone is 1. The summed E-state index contributed by atoms with van der Waals surface area (Å²) in [6.45, 7) is 1.79. The largest absolute Gasteiger partial charge is 0.465 e. The average Bonchev–Trinajstić information content (AvgIpc) is 2.28. The second-order valence-electron chi connectivity index (χ2n) is 3.06. The number of methoxy groups -OCH3 is 1. The van der Waals surface area contributed by atoms with E-state index in [1.165, 1.54) is 19.2 Å². The second kappa shape index (κ2) is 5.06. The molecule has 0 radical (unpaired) electrons. The summed E-state index contributed by atoms with van der Waals surface area (Å²) in [7, 11) is 1.23. The van der Waals surface area contributed by atoms with Gasteiger partial charge in [-0.2, -0.15) is 0 Å². The number of benzene rings is 1. The Morgan fingerprint density at radius 2 is 2.12 bits per heavy atom. The molecule has 16 heavy (non-hydrogen) atoms. The summed E-state index contributed by atoms with van der Waals surface area (Å²) in [5, 5.41) is 10.6. The van der Waals surface area contributed by atoms with Gasteiger partial charge in [-0.1, -0.05) is 12.2 Å². The fourth-order valence-electron chi connectivity index (χ4n) is 1.26. The summed E-state index contributed by atoms with van der Waals surface area (Å²) in [6.07, 6.45) is 3.42. The lowest BCUT2D eigenvalue weighted by atomic mass is 10.1. The van der Waals surface area contributed by atoms with Crippen molar-refractivity contribution in [3.05, 3.63) is 45.5 Å².